The topological polar surface area (TPSA) is 57.5 Å². The normalized spacial score (nSPS) is 9.61. The van der Waals surface area contributed by atoms with Crippen molar-refractivity contribution in [2.24, 2.45) is 0 Å². The van der Waals surface area contributed by atoms with Crippen LogP contribution in [0, 0.1) is 23.7 Å². The average molecular weight is 384 g/mol. The summed E-state index contributed by atoms with van der Waals surface area (Å²) in [5.74, 6) is 11.5. The second-order valence-electron chi connectivity index (χ2n) is 5.87. The van der Waals surface area contributed by atoms with E-state index in [1.165, 1.54) is 19.1 Å². The predicted molar refractivity (Wildman–Crippen MR) is 111 cm³/mol. The highest BCUT2D eigenvalue weighted by molar-refractivity contribution is 8.13. The van der Waals surface area contributed by atoms with Crippen LogP contribution in [0.3, 0.4) is 0 Å². The minimum atomic E-state index is -0.0496. The highest BCUT2D eigenvalue weighted by Gasteiger charge is 2.05. The molecule has 0 aliphatic heterocycles. The first kappa shape index (κ1) is 19.2. The summed E-state index contributed by atoms with van der Waals surface area (Å²) in [6.45, 7) is 1.52. The van der Waals surface area contributed by atoms with Crippen molar-refractivity contribution in [3.8, 4) is 35.2 Å². The van der Waals surface area contributed by atoms with Crippen LogP contribution in [0.25, 0.3) is 0 Å². The molecule has 3 aromatic carbocycles. The molecule has 0 heterocycles. The molecule has 0 saturated heterocycles. The molecule has 3 rings (SSSR count). The van der Waals surface area contributed by atoms with Crippen molar-refractivity contribution in [3.05, 3.63) is 89.0 Å². The lowest BCUT2D eigenvalue weighted by Gasteiger charge is -2.02. The molecule has 3 aromatic rings. The van der Waals surface area contributed by atoms with E-state index in [0.29, 0.717) is 11.1 Å². The first-order valence-corrected chi connectivity index (χ1v) is 9.26. The number of phenols is 2. The second kappa shape index (κ2) is 8.86. The minimum absolute atomic E-state index is 0.0229. The molecule has 0 aliphatic rings. The van der Waals surface area contributed by atoms with Gasteiger partial charge in [-0.05, 0) is 36.4 Å². The summed E-state index contributed by atoms with van der Waals surface area (Å²) in [4.78, 5) is 12.0. The SMILES string of the molecule is CC(=O)Sc1ccc(C#Cc2cc(O)c(C#Cc3ccccc3)cc2O)cc1. The molecule has 0 radical (unpaired) electrons. The Kier molecular flexibility index (Phi) is 6.07. The van der Waals surface area contributed by atoms with Gasteiger partial charge in [-0.3, -0.25) is 4.79 Å². The third kappa shape index (κ3) is 5.20. The van der Waals surface area contributed by atoms with Crippen LogP contribution in [0.4, 0.5) is 0 Å². The molecular weight excluding hydrogens is 368 g/mol. The summed E-state index contributed by atoms with van der Waals surface area (Å²) < 4.78 is 0. The van der Waals surface area contributed by atoms with Gasteiger partial charge in [-0.25, -0.2) is 0 Å². The molecule has 28 heavy (non-hydrogen) atoms. The maximum Gasteiger partial charge on any atom is 0.190 e. The van der Waals surface area contributed by atoms with Gasteiger partial charge in [0.25, 0.3) is 0 Å². The molecule has 0 unspecified atom stereocenters. The molecule has 4 heteroatoms. The monoisotopic (exact) mass is 384 g/mol. The van der Waals surface area contributed by atoms with Gasteiger partial charge in [0.15, 0.2) is 5.12 Å². The summed E-state index contributed by atoms with van der Waals surface area (Å²) in [6.07, 6.45) is 0. The van der Waals surface area contributed by atoms with E-state index in [4.69, 9.17) is 0 Å². The van der Waals surface area contributed by atoms with Crippen LogP contribution in [0.1, 0.15) is 29.2 Å². The Morgan fingerprint density at radius 3 is 1.75 bits per heavy atom. The first-order chi connectivity index (χ1) is 13.5. The number of hydrogen-bond donors (Lipinski definition) is 2. The fourth-order valence-electron chi connectivity index (χ4n) is 2.35. The molecule has 0 amide bonds. The van der Waals surface area contributed by atoms with Crippen molar-refractivity contribution in [3.63, 3.8) is 0 Å². The summed E-state index contributed by atoms with van der Waals surface area (Å²) >= 11 is 1.16. The maximum absolute atomic E-state index is 11.1. The van der Waals surface area contributed by atoms with E-state index in [1.807, 2.05) is 42.5 Å². The number of thioether (sulfide) groups is 1. The fourth-order valence-corrected chi connectivity index (χ4v) is 2.95. The molecule has 2 N–H and O–H groups in total. The van der Waals surface area contributed by atoms with E-state index >= 15 is 0 Å². The molecule has 0 aromatic heterocycles. The van der Waals surface area contributed by atoms with Gasteiger partial charge in [-0.15, -0.1) is 0 Å². The minimum Gasteiger partial charge on any atom is -0.507 e. The van der Waals surface area contributed by atoms with E-state index < -0.39 is 0 Å². The number of benzene rings is 3. The van der Waals surface area contributed by atoms with Crippen LogP contribution in [-0.2, 0) is 4.79 Å². The standard InChI is InChI=1S/C24H16O3S/c1-17(25)28-22-13-9-19(10-14-22)8-12-21-16-23(26)20(15-24(21)27)11-7-18-5-3-2-4-6-18/h2-6,9-10,13-16,26-27H,1H3. The third-order valence-corrected chi connectivity index (χ3v) is 4.48. The molecular formula is C24H16O3S. The van der Waals surface area contributed by atoms with Crippen LogP contribution in [0.2, 0.25) is 0 Å². The first-order valence-electron chi connectivity index (χ1n) is 8.45. The van der Waals surface area contributed by atoms with Crippen molar-refractivity contribution >= 4 is 16.9 Å². The molecule has 0 aliphatic carbocycles. The molecule has 0 saturated carbocycles. The number of hydrogen-bond acceptors (Lipinski definition) is 4. The van der Waals surface area contributed by atoms with Gasteiger partial charge in [0.05, 0.1) is 11.1 Å². The van der Waals surface area contributed by atoms with Crippen molar-refractivity contribution in [1.29, 1.82) is 0 Å². The van der Waals surface area contributed by atoms with Crippen LogP contribution >= 0.6 is 11.8 Å². The lowest BCUT2D eigenvalue weighted by atomic mass is 10.1. The Morgan fingerprint density at radius 2 is 1.25 bits per heavy atom. The Balaban J connectivity index is 1.81. The molecule has 0 bridgehead atoms. The summed E-state index contributed by atoms with van der Waals surface area (Å²) in [7, 11) is 0. The van der Waals surface area contributed by atoms with Crippen LogP contribution in [0.15, 0.2) is 71.6 Å². The molecule has 136 valence electrons. The van der Waals surface area contributed by atoms with Crippen LogP contribution in [-0.4, -0.2) is 15.3 Å². The summed E-state index contributed by atoms with van der Waals surface area (Å²) in [6, 6.07) is 19.4. The van der Waals surface area contributed by atoms with E-state index in [1.54, 1.807) is 12.1 Å². The predicted octanol–water partition coefficient (Wildman–Crippen LogP) is 4.54. The molecule has 0 atom stereocenters. The summed E-state index contributed by atoms with van der Waals surface area (Å²) in [5.41, 5.74) is 2.19. The lowest BCUT2D eigenvalue weighted by molar-refractivity contribution is -0.109. The lowest BCUT2D eigenvalue weighted by Crippen LogP contribution is -1.84. The van der Waals surface area contributed by atoms with Crippen LogP contribution < -0.4 is 0 Å². The number of rotatable bonds is 1. The van der Waals surface area contributed by atoms with Crippen molar-refractivity contribution in [1.82, 2.24) is 0 Å². The fraction of sp³-hybridized carbons (Fsp3) is 0.0417. The zero-order valence-corrected chi connectivity index (χ0v) is 15.9. The Labute approximate surface area is 168 Å². The van der Waals surface area contributed by atoms with Gasteiger partial charge < -0.3 is 10.2 Å². The van der Waals surface area contributed by atoms with Gasteiger partial charge in [-0.2, -0.15) is 0 Å². The highest BCUT2D eigenvalue weighted by Crippen LogP contribution is 2.26. The second-order valence-corrected chi connectivity index (χ2v) is 7.12. The Bertz CT molecular complexity index is 1130. The Hall–Kier alpha value is -3.60. The van der Waals surface area contributed by atoms with Crippen LogP contribution in [0.5, 0.6) is 11.5 Å². The van der Waals surface area contributed by atoms with E-state index in [2.05, 4.69) is 23.7 Å². The number of aromatic hydroxyl groups is 2. The van der Waals surface area contributed by atoms with E-state index in [9.17, 15) is 15.0 Å². The van der Waals surface area contributed by atoms with Gasteiger partial charge >= 0.3 is 0 Å². The van der Waals surface area contributed by atoms with Crippen molar-refractivity contribution in [2.45, 2.75) is 11.8 Å². The number of carbonyl (C=O) groups is 1. The zero-order chi connectivity index (χ0) is 19.9. The van der Waals surface area contributed by atoms with Gasteiger partial charge in [0.1, 0.15) is 11.5 Å². The number of carbonyl (C=O) groups excluding carboxylic acids is 1. The smallest absolute Gasteiger partial charge is 0.190 e. The molecule has 0 spiro atoms. The Morgan fingerprint density at radius 1 is 0.750 bits per heavy atom. The van der Waals surface area contributed by atoms with E-state index in [-0.39, 0.29) is 16.6 Å². The third-order valence-electron chi connectivity index (χ3n) is 3.69. The summed E-state index contributed by atoms with van der Waals surface area (Å²) in [5, 5.41) is 20.4. The van der Waals surface area contributed by atoms with Crippen molar-refractivity contribution in [2.75, 3.05) is 0 Å². The van der Waals surface area contributed by atoms with Gasteiger partial charge in [-0.1, -0.05) is 53.6 Å². The molecule has 3 nitrogen and oxygen atoms in total. The number of phenolic OH excluding ortho intramolecular Hbond substituents is 2. The quantitative estimate of drug-likeness (QED) is 0.368. The van der Waals surface area contributed by atoms with Gasteiger partial charge in [0.2, 0.25) is 0 Å². The van der Waals surface area contributed by atoms with E-state index in [0.717, 1.165) is 27.8 Å². The highest BCUT2D eigenvalue weighted by atomic mass is 32.2. The maximum atomic E-state index is 11.1. The average Bonchev–Trinajstić information content (AvgIpc) is 2.69. The van der Waals surface area contributed by atoms with Gasteiger partial charge in [0, 0.05) is 35.1 Å². The largest absolute Gasteiger partial charge is 0.507 e. The zero-order valence-electron chi connectivity index (χ0n) is 15.1. The van der Waals surface area contributed by atoms with Crippen molar-refractivity contribution < 1.29 is 15.0 Å². The molecule has 0 fully saturated rings.